The second kappa shape index (κ2) is 7.22. The van der Waals surface area contributed by atoms with E-state index in [1.807, 2.05) is 0 Å². The van der Waals surface area contributed by atoms with E-state index < -0.39 is 0 Å². The lowest BCUT2D eigenvalue weighted by Gasteiger charge is -2.19. The van der Waals surface area contributed by atoms with Gasteiger partial charge in [-0.2, -0.15) is 0 Å². The minimum Gasteiger partial charge on any atom is -0.489 e. The summed E-state index contributed by atoms with van der Waals surface area (Å²) in [6, 6.07) is 14.6. The summed E-state index contributed by atoms with van der Waals surface area (Å²) in [5, 5.41) is 4.58. The molecule has 3 heteroatoms. The summed E-state index contributed by atoms with van der Waals surface area (Å²) in [5.41, 5.74) is 0. The first kappa shape index (κ1) is 16.1. The quantitative estimate of drug-likeness (QED) is 0.470. The highest BCUT2D eigenvalue weighted by atomic mass is 79.9. The molecule has 0 aliphatic rings. The van der Waals surface area contributed by atoms with Gasteiger partial charge in [0.05, 0.1) is 13.2 Å². The van der Waals surface area contributed by atoms with E-state index in [-0.39, 0.29) is 0 Å². The van der Waals surface area contributed by atoms with Crippen molar-refractivity contribution in [2.24, 2.45) is 0 Å². The van der Waals surface area contributed by atoms with Crippen LogP contribution in [-0.2, 0) is 0 Å². The van der Waals surface area contributed by atoms with Crippen LogP contribution in [-0.4, -0.2) is 13.2 Å². The molecule has 3 aromatic rings. The zero-order valence-electron chi connectivity index (χ0n) is 13.6. The van der Waals surface area contributed by atoms with Crippen LogP contribution in [0.1, 0.15) is 26.7 Å². The fourth-order valence-corrected chi connectivity index (χ4v) is 3.37. The number of benzene rings is 3. The summed E-state index contributed by atoms with van der Waals surface area (Å²) in [5.74, 6) is 1.71. The van der Waals surface area contributed by atoms with E-state index in [9.17, 15) is 0 Å². The molecule has 0 aliphatic carbocycles. The third kappa shape index (κ3) is 3.02. The van der Waals surface area contributed by atoms with Crippen LogP contribution in [0.25, 0.3) is 21.5 Å². The zero-order chi connectivity index (χ0) is 16.2. The molecule has 0 bridgehead atoms. The van der Waals surface area contributed by atoms with Gasteiger partial charge in [0.15, 0.2) is 11.5 Å². The van der Waals surface area contributed by atoms with E-state index in [0.717, 1.165) is 39.6 Å². The molecular formula is C20H21BrO2. The number of hydrogen-bond donors (Lipinski definition) is 0. The van der Waals surface area contributed by atoms with Gasteiger partial charge in [-0.05, 0) is 29.7 Å². The summed E-state index contributed by atoms with van der Waals surface area (Å²) in [7, 11) is 0. The van der Waals surface area contributed by atoms with Gasteiger partial charge in [0.25, 0.3) is 0 Å². The topological polar surface area (TPSA) is 18.5 Å². The maximum atomic E-state index is 6.13. The first-order valence-corrected chi connectivity index (χ1v) is 8.95. The average Bonchev–Trinajstić information content (AvgIpc) is 2.58. The molecule has 0 heterocycles. The summed E-state index contributed by atoms with van der Waals surface area (Å²) in [4.78, 5) is 0. The van der Waals surface area contributed by atoms with Crippen LogP contribution in [0.4, 0.5) is 0 Å². The highest BCUT2D eigenvalue weighted by molar-refractivity contribution is 9.10. The Kier molecular flexibility index (Phi) is 5.06. The van der Waals surface area contributed by atoms with E-state index in [1.54, 1.807) is 0 Å². The average molecular weight is 373 g/mol. The lowest BCUT2D eigenvalue weighted by Crippen LogP contribution is -2.03. The van der Waals surface area contributed by atoms with Crippen LogP contribution >= 0.6 is 15.9 Å². The lowest BCUT2D eigenvalue weighted by molar-refractivity contribution is 0.274. The van der Waals surface area contributed by atoms with Crippen molar-refractivity contribution in [3.05, 3.63) is 46.9 Å². The van der Waals surface area contributed by atoms with Gasteiger partial charge in [0.1, 0.15) is 0 Å². The molecule has 120 valence electrons. The predicted molar refractivity (Wildman–Crippen MR) is 101 cm³/mol. The van der Waals surface area contributed by atoms with Crippen molar-refractivity contribution < 1.29 is 9.47 Å². The van der Waals surface area contributed by atoms with Crippen molar-refractivity contribution in [1.82, 2.24) is 0 Å². The molecule has 2 nitrogen and oxygen atoms in total. The van der Waals surface area contributed by atoms with Crippen molar-refractivity contribution in [2.75, 3.05) is 13.2 Å². The molecule has 0 fully saturated rings. The SMILES string of the molecule is CCCOc1c(OCCC)c2c(Br)cccc2c2ccccc12. The Morgan fingerprint density at radius 3 is 2.04 bits per heavy atom. The van der Waals surface area contributed by atoms with Gasteiger partial charge in [-0.3, -0.25) is 0 Å². The Morgan fingerprint density at radius 2 is 1.35 bits per heavy atom. The Hall–Kier alpha value is -1.74. The molecule has 0 amide bonds. The summed E-state index contributed by atoms with van der Waals surface area (Å²) >= 11 is 3.69. The third-order valence-corrected chi connectivity index (χ3v) is 4.47. The first-order valence-electron chi connectivity index (χ1n) is 8.16. The molecule has 0 N–H and O–H groups in total. The van der Waals surface area contributed by atoms with E-state index in [0.29, 0.717) is 13.2 Å². The van der Waals surface area contributed by atoms with Gasteiger partial charge in [-0.25, -0.2) is 0 Å². The largest absolute Gasteiger partial charge is 0.489 e. The number of hydrogen-bond acceptors (Lipinski definition) is 2. The normalized spacial score (nSPS) is 11.1. The molecule has 3 rings (SSSR count). The molecule has 0 radical (unpaired) electrons. The molecule has 0 saturated carbocycles. The molecular weight excluding hydrogens is 352 g/mol. The zero-order valence-corrected chi connectivity index (χ0v) is 15.2. The van der Waals surface area contributed by atoms with E-state index in [4.69, 9.17) is 9.47 Å². The number of fused-ring (bicyclic) bond motifs is 3. The van der Waals surface area contributed by atoms with Gasteiger partial charge >= 0.3 is 0 Å². The molecule has 0 unspecified atom stereocenters. The van der Waals surface area contributed by atoms with Crippen molar-refractivity contribution >= 4 is 37.5 Å². The van der Waals surface area contributed by atoms with Gasteiger partial charge in [-0.1, -0.05) is 66.2 Å². The second-order valence-electron chi connectivity index (χ2n) is 5.56. The Bertz CT molecular complexity index is 827. The summed E-state index contributed by atoms with van der Waals surface area (Å²) in [6.07, 6.45) is 1.93. The standard InChI is InChI=1S/C20H21BrO2/c1-3-12-22-19-16-9-6-5-8-14(16)15-10-7-11-17(21)18(15)20(19)23-13-4-2/h5-11H,3-4,12-13H2,1-2H3. The van der Waals surface area contributed by atoms with Crippen LogP contribution in [0, 0.1) is 0 Å². The van der Waals surface area contributed by atoms with E-state index in [2.05, 4.69) is 72.2 Å². The number of halogens is 1. The van der Waals surface area contributed by atoms with Crippen molar-refractivity contribution in [3.63, 3.8) is 0 Å². The molecule has 0 spiro atoms. The smallest absolute Gasteiger partial charge is 0.170 e. The summed E-state index contributed by atoms with van der Waals surface area (Å²) < 4.78 is 13.3. The fraction of sp³-hybridized carbons (Fsp3) is 0.300. The maximum Gasteiger partial charge on any atom is 0.170 e. The molecule has 0 aliphatic heterocycles. The highest BCUT2D eigenvalue weighted by Crippen LogP contribution is 2.46. The fourth-order valence-electron chi connectivity index (χ4n) is 2.82. The van der Waals surface area contributed by atoms with Gasteiger partial charge in [0, 0.05) is 15.2 Å². The maximum absolute atomic E-state index is 6.13. The van der Waals surface area contributed by atoms with Crippen LogP contribution < -0.4 is 9.47 Å². The Balaban J connectivity index is 2.38. The highest BCUT2D eigenvalue weighted by Gasteiger charge is 2.18. The second-order valence-corrected chi connectivity index (χ2v) is 6.42. The molecule has 23 heavy (non-hydrogen) atoms. The molecule has 0 atom stereocenters. The van der Waals surface area contributed by atoms with Crippen molar-refractivity contribution in [2.45, 2.75) is 26.7 Å². The molecule has 0 saturated heterocycles. The molecule has 3 aromatic carbocycles. The van der Waals surface area contributed by atoms with Gasteiger partial charge in [-0.15, -0.1) is 0 Å². The van der Waals surface area contributed by atoms with Gasteiger partial charge in [0.2, 0.25) is 0 Å². The van der Waals surface area contributed by atoms with Crippen molar-refractivity contribution in [1.29, 1.82) is 0 Å². The van der Waals surface area contributed by atoms with Crippen molar-refractivity contribution in [3.8, 4) is 11.5 Å². The third-order valence-electron chi connectivity index (χ3n) is 3.81. The summed E-state index contributed by atoms with van der Waals surface area (Å²) in [6.45, 7) is 5.59. The van der Waals surface area contributed by atoms with Gasteiger partial charge < -0.3 is 9.47 Å². The predicted octanol–water partition coefficient (Wildman–Crippen LogP) is 6.33. The molecule has 0 aromatic heterocycles. The van der Waals surface area contributed by atoms with E-state index >= 15 is 0 Å². The van der Waals surface area contributed by atoms with Crippen LogP contribution in [0.3, 0.4) is 0 Å². The minimum absolute atomic E-state index is 0.678. The first-order chi connectivity index (χ1) is 11.3. The van der Waals surface area contributed by atoms with E-state index in [1.165, 1.54) is 10.8 Å². The Labute approximate surface area is 145 Å². The van der Waals surface area contributed by atoms with Crippen LogP contribution in [0.15, 0.2) is 46.9 Å². The number of ether oxygens (including phenoxy) is 2. The lowest BCUT2D eigenvalue weighted by atomic mass is 10.00. The minimum atomic E-state index is 0.678. The monoisotopic (exact) mass is 372 g/mol. The van der Waals surface area contributed by atoms with Crippen LogP contribution in [0.5, 0.6) is 11.5 Å². The van der Waals surface area contributed by atoms with Crippen LogP contribution in [0.2, 0.25) is 0 Å². The Morgan fingerprint density at radius 1 is 0.739 bits per heavy atom. The number of rotatable bonds is 6.